The van der Waals surface area contributed by atoms with Gasteiger partial charge in [-0.15, -0.1) is 0 Å². The number of piperazine rings is 1. The Kier molecular flexibility index (Phi) is 5.20. The molecule has 3 rings (SSSR count). The molecule has 0 saturated carbocycles. The third-order valence-corrected chi connectivity index (χ3v) is 6.13. The van der Waals surface area contributed by atoms with Gasteiger partial charge in [0.25, 0.3) is 5.91 Å². The number of aromatic nitrogens is 1. The van der Waals surface area contributed by atoms with Crippen LogP contribution in [0.5, 0.6) is 0 Å². The molecule has 144 valence electrons. The average Bonchev–Trinajstić information content (AvgIpc) is 2.67. The number of sulfonamides is 1. The minimum Gasteiger partial charge on any atom is -0.336 e. The molecule has 1 aromatic heterocycles. The van der Waals surface area contributed by atoms with Gasteiger partial charge in [-0.1, -0.05) is 6.07 Å². The summed E-state index contributed by atoms with van der Waals surface area (Å²) in [5, 5.41) is 0. The largest absolute Gasteiger partial charge is 0.416 e. The van der Waals surface area contributed by atoms with Crippen molar-refractivity contribution in [3.63, 3.8) is 0 Å². The number of rotatable bonds is 3. The van der Waals surface area contributed by atoms with Crippen molar-refractivity contribution in [2.75, 3.05) is 26.2 Å². The van der Waals surface area contributed by atoms with E-state index >= 15 is 0 Å². The molecule has 0 unspecified atom stereocenters. The Bertz CT molecular complexity index is 925. The lowest BCUT2D eigenvalue weighted by Crippen LogP contribution is -2.50. The van der Waals surface area contributed by atoms with Crippen LogP contribution >= 0.6 is 0 Å². The first-order valence-corrected chi connectivity index (χ1v) is 9.50. The molecule has 2 heterocycles. The van der Waals surface area contributed by atoms with Gasteiger partial charge in [0.15, 0.2) is 0 Å². The van der Waals surface area contributed by atoms with Crippen LogP contribution in [0.15, 0.2) is 53.7 Å². The fraction of sp³-hybridized carbons (Fsp3) is 0.294. The molecular weight excluding hydrogens is 383 g/mol. The van der Waals surface area contributed by atoms with E-state index in [4.69, 9.17) is 0 Å². The summed E-state index contributed by atoms with van der Waals surface area (Å²) >= 11 is 0. The van der Waals surface area contributed by atoms with Gasteiger partial charge in [-0.05, 0) is 30.3 Å². The maximum absolute atomic E-state index is 12.8. The number of amides is 1. The molecule has 6 nitrogen and oxygen atoms in total. The lowest BCUT2D eigenvalue weighted by Gasteiger charge is -2.34. The summed E-state index contributed by atoms with van der Waals surface area (Å²) in [6.07, 6.45) is -1.66. The molecule has 0 atom stereocenters. The number of halogens is 3. The topological polar surface area (TPSA) is 70.6 Å². The molecule has 0 aliphatic carbocycles. The Labute approximate surface area is 154 Å². The maximum atomic E-state index is 12.8. The monoisotopic (exact) mass is 399 g/mol. The van der Waals surface area contributed by atoms with Gasteiger partial charge in [-0.3, -0.25) is 9.78 Å². The molecule has 10 heteroatoms. The quantitative estimate of drug-likeness (QED) is 0.794. The van der Waals surface area contributed by atoms with E-state index in [1.165, 1.54) is 17.3 Å². The Balaban J connectivity index is 1.73. The van der Waals surface area contributed by atoms with Crippen molar-refractivity contribution in [3.05, 3.63) is 59.9 Å². The van der Waals surface area contributed by atoms with E-state index in [9.17, 15) is 26.4 Å². The highest BCUT2D eigenvalue weighted by Crippen LogP contribution is 2.31. The standard InChI is InChI=1S/C17H16F3N3O3S/c18-17(19,20)14-4-1-5-15(11-14)27(25,26)23-9-7-22(8-10-23)16(24)13-3-2-6-21-12-13/h1-6,11-12H,7-10H2. The number of hydrogen-bond acceptors (Lipinski definition) is 4. The molecule has 0 bridgehead atoms. The Morgan fingerprint density at radius 3 is 2.33 bits per heavy atom. The smallest absolute Gasteiger partial charge is 0.336 e. The first kappa shape index (κ1) is 19.3. The lowest BCUT2D eigenvalue weighted by molar-refractivity contribution is -0.137. The molecular formula is C17H16F3N3O3S. The Morgan fingerprint density at radius 2 is 1.74 bits per heavy atom. The number of carbonyl (C=O) groups is 1. The molecule has 0 radical (unpaired) electrons. The van der Waals surface area contributed by atoms with Gasteiger partial charge in [-0.25, -0.2) is 8.42 Å². The minimum atomic E-state index is -4.62. The van der Waals surface area contributed by atoms with Crippen molar-refractivity contribution in [3.8, 4) is 0 Å². The van der Waals surface area contributed by atoms with Crippen molar-refractivity contribution >= 4 is 15.9 Å². The summed E-state index contributed by atoms with van der Waals surface area (Å²) in [6, 6.07) is 6.89. The van der Waals surface area contributed by atoms with Crippen LogP contribution < -0.4 is 0 Å². The second-order valence-corrected chi connectivity index (χ2v) is 7.90. The van der Waals surface area contributed by atoms with Gasteiger partial charge in [0.05, 0.1) is 16.0 Å². The van der Waals surface area contributed by atoms with Gasteiger partial charge in [0.2, 0.25) is 10.0 Å². The van der Waals surface area contributed by atoms with Crippen LogP contribution in [0.4, 0.5) is 13.2 Å². The molecule has 0 spiro atoms. The molecule has 1 saturated heterocycles. The highest BCUT2D eigenvalue weighted by Gasteiger charge is 2.34. The predicted octanol–water partition coefficient (Wildman–Crippen LogP) is 2.25. The average molecular weight is 399 g/mol. The van der Waals surface area contributed by atoms with E-state index < -0.39 is 26.7 Å². The second kappa shape index (κ2) is 7.28. The molecule has 1 aromatic carbocycles. The van der Waals surface area contributed by atoms with Gasteiger partial charge in [-0.2, -0.15) is 17.5 Å². The van der Waals surface area contributed by atoms with Crippen LogP contribution in [0.2, 0.25) is 0 Å². The molecule has 0 N–H and O–H groups in total. The summed E-state index contributed by atoms with van der Waals surface area (Å²) < 4.78 is 64.9. The van der Waals surface area contributed by atoms with Gasteiger partial charge >= 0.3 is 6.18 Å². The first-order chi connectivity index (χ1) is 12.7. The van der Waals surface area contributed by atoms with E-state index in [0.717, 1.165) is 22.5 Å². The van der Waals surface area contributed by atoms with Crippen LogP contribution in [0.1, 0.15) is 15.9 Å². The first-order valence-electron chi connectivity index (χ1n) is 8.06. The fourth-order valence-electron chi connectivity index (χ4n) is 2.79. The van der Waals surface area contributed by atoms with Crippen LogP contribution in [-0.4, -0.2) is 54.7 Å². The summed E-state index contributed by atoms with van der Waals surface area (Å²) in [6.45, 7) is 0.299. The zero-order chi connectivity index (χ0) is 19.7. The summed E-state index contributed by atoms with van der Waals surface area (Å²) in [5.74, 6) is -0.265. The van der Waals surface area contributed by atoms with Gasteiger partial charge in [0, 0.05) is 38.6 Å². The highest BCUT2D eigenvalue weighted by atomic mass is 32.2. The zero-order valence-electron chi connectivity index (χ0n) is 14.1. The SMILES string of the molecule is O=C(c1cccnc1)N1CCN(S(=O)(=O)c2cccc(C(F)(F)F)c2)CC1. The van der Waals surface area contributed by atoms with E-state index in [1.807, 2.05) is 0 Å². The van der Waals surface area contributed by atoms with E-state index in [2.05, 4.69) is 4.98 Å². The van der Waals surface area contributed by atoms with Crippen molar-refractivity contribution in [2.45, 2.75) is 11.1 Å². The Hall–Kier alpha value is -2.46. The second-order valence-electron chi connectivity index (χ2n) is 5.96. The number of benzene rings is 1. The number of carbonyl (C=O) groups excluding carboxylic acids is 1. The van der Waals surface area contributed by atoms with Gasteiger partial charge < -0.3 is 4.90 Å². The minimum absolute atomic E-state index is 0.00454. The van der Waals surface area contributed by atoms with E-state index in [1.54, 1.807) is 12.1 Å². The molecule has 2 aromatic rings. The maximum Gasteiger partial charge on any atom is 0.416 e. The lowest BCUT2D eigenvalue weighted by atomic mass is 10.2. The van der Waals surface area contributed by atoms with Crippen LogP contribution in [0, 0.1) is 0 Å². The van der Waals surface area contributed by atoms with Crippen molar-refractivity contribution in [1.82, 2.24) is 14.2 Å². The van der Waals surface area contributed by atoms with Gasteiger partial charge in [0.1, 0.15) is 0 Å². The van der Waals surface area contributed by atoms with E-state index in [-0.39, 0.29) is 32.1 Å². The molecule has 27 heavy (non-hydrogen) atoms. The van der Waals surface area contributed by atoms with Crippen LogP contribution in [0.3, 0.4) is 0 Å². The molecule has 1 aliphatic heterocycles. The van der Waals surface area contributed by atoms with Crippen molar-refractivity contribution in [1.29, 1.82) is 0 Å². The fourth-order valence-corrected chi connectivity index (χ4v) is 4.25. The summed E-state index contributed by atoms with van der Waals surface area (Å²) in [5.41, 5.74) is -0.624. The highest BCUT2D eigenvalue weighted by molar-refractivity contribution is 7.89. The number of hydrogen-bond donors (Lipinski definition) is 0. The third-order valence-electron chi connectivity index (χ3n) is 4.23. The Morgan fingerprint density at radius 1 is 1.04 bits per heavy atom. The summed E-state index contributed by atoms with van der Waals surface area (Å²) in [7, 11) is -4.08. The molecule has 1 aliphatic rings. The normalized spacial score (nSPS) is 16.3. The number of nitrogens with zero attached hydrogens (tertiary/aromatic N) is 3. The van der Waals surface area contributed by atoms with Crippen LogP contribution in [-0.2, 0) is 16.2 Å². The van der Waals surface area contributed by atoms with Crippen LogP contribution in [0.25, 0.3) is 0 Å². The number of pyridine rings is 1. The van der Waals surface area contributed by atoms with Crippen molar-refractivity contribution < 1.29 is 26.4 Å². The number of alkyl halides is 3. The zero-order valence-corrected chi connectivity index (χ0v) is 14.9. The predicted molar refractivity (Wildman–Crippen MR) is 90.3 cm³/mol. The molecule has 1 fully saturated rings. The van der Waals surface area contributed by atoms with Crippen molar-refractivity contribution in [2.24, 2.45) is 0 Å². The molecule has 1 amide bonds. The third kappa shape index (κ3) is 4.11. The van der Waals surface area contributed by atoms with E-state index in [0.29, 0.717) is 11.6 Å². The summed E-state index contributed by atoms with van der Waals surface area (Å²) in [4.78, 5) is 17.3.